The lowest BCUT2D eigenvalue weighted by atomic mass is 10.1. The van der Waals surface area contributed by atoms with Crippen molar-refractivity contribution in [2.45, 2.75) is 19.4 Å². The Balaban J connectivity index is 1.80. The first-order valence-corrected chi connectivity index (χ1v) is 7.78. The molecule has 1 aromatic rings. The van der Waals surface area contributed by atoms with Crippen molar-refractivity contribution in [3.63, 3.8) is 0 Å². The summed E-state index contributed by atoms with van der Waals surface area (Å²) in [6.07, 6.45) is 1.91. The van der Waals surface area contributed by atoms with Gasteiger partial charge in [0.15, 0.2) is 0 Å². The molecule has 5 heteroatoms. The van der Waals surface area contributed by atoms with Gasteiger partial charge in [-0.2, -0.15) is 0 Å². The van der Waals surface area contributed by atoms with E-state index >= 15 is 0 Å². The molecule has 1 aliphatic heterocycles. The second-order valence-corrected chi connectivity index (χ2v) is 6.22. The molecule has 1 saturated heterocycles. The van der Waals surface area contributed by atoms with Gasteiger partial charge in [0.25, 0.3) is 0 Å². The predicted octanol–water partition coefficient (Wildman–Crippen LogP) is 2.00. The SMILES string of the molecule is CN(Cc1cccc(Cl)c1)C(=O)CN1CCC(CCO)C1. The Labute approximate surface area is 131 Å². The van der Waals surface area contributed by atoms with E-state index in [1.165, 1.54) is 0 Å². The number of aliphatic hydroxyl groups is 1. The van der Waals surface area contributed by atoms with Gasteiger partial charge in [-0.05, 0) is 43.0 Å². The van der Waals surface area contributed by atoms with E-state index in [0.717, 1.165) is 31.5 Å². The summed E-state index contributed by atoms with van der Waals surface area (Å²) < 4.78 is 0. The molecule has 1 aliphatic rings. The monoisotopic (exact) mass is 310 g/mol. The number of likely N-dealkylation sites (tertiary alicyclic amines) is 1. The highest BCUT2D eigenvalue weighted by molar-refractivity contribution is 6.30. The number of hydrogen-bond donors (Lipinski definition) is 1. The van der Waals surface area contributed by atoms with Gasteiger partial charge in [0.2, 0.25) is 5.91 Å². The van der Waals surface area contributed by atoms with Gasteiger partial charge in [-0.25, -0.2) is 0 Å². The van der Waals surface area contributed by atoms with Crippen molar-refractivity contribution in [2.24, 2.45) is 5.92 Å². The van der Waals surface area contributed by atoms with Gasteiger partial charge in [-0.3, -0.25) is 9.69 Å². The Morgan fingerprint density at radius 2 is 2.33 bits per heavy atom. The molecule has 0 saturated carbocycles. The standard InChI is InChI=1S/C16H23ClN2O2/c1-18(10-14-3-2-4-15(17)9-14)16(21)12-19-7-5-13(11-19)6-8-20/h2-4,9,13,20H,5-8,10-12H2,1H3. The van der Waals surface area contributed by atoms with Crippen LogP contribution in [0.5, 0.6) is 0 Å². The average molecular weight is 311 g/mol. The van der Waals surface area contributed by atoms with Crippen LogP contribution in [0.2, 0.25) is 5.02 Å². The first-order chi connectivity index (χ1) is 10.1. The molecule has 0 aliphatic carbocycles. The molecule has 116 valence electrons. The molecule has 1 heterocycles. The maximum Gasteiger partial charge on any atom is 0.236 e. The molecular formula is C16H23ClN2O2. The first kappa shape index (κ1) is 16.3. The van der Waals surface area contributed by atoms with Crippen LogP contribution in [-0.4, -0.2) is 54.1 Å². The van der Waals surface area contributed by atoms with Crippen molar-refractivity contribution >= 4 is 17.5 Å². The van der Waals surface area contributed by atoms with Gasteiger partial charge in [0, 0.05) is 31.8 Å². The minimum absolute atomic E-state index is 0.125. The van der Waals surface area contributed by atoms with Gasteiger partial charge < -0.3 is 10.0 Å². The Bertz CT molecular complexity index is 481. The van der Waals surface area contributed by atoms with Crippen LogP contribution in [0.15, 0.2) is 24.3 Å². The summed E-state index contributed by atoms with van der Waals surface area (Å²) in [5.41, 5.74) is 1.04. The number of rotatable bonds is 6. The minimum Gasteiger partial charge on any atom is -0.396 e. The topological polar surface area (TPSA) is 43.8 Å². The van der Waals surface area contributed by atoms with E-state index in [-0.39, 0.29) is 12.5 Å². The number of hydrogen-bond acceptors (Lipinski definition) is 3. The summed E-state index contributed by atoms with van der Waals surface area (Å²) >= 11 is 5.96. The molecule has 1 unspecified atom stereocenters. The van der Waals surface area contributed by atoms with E-state index in [1.807, 2.05) is 31.3 Å². The number of nitrogens with zero attached hydrogens (tertiary/aromatic N) is 2. The summed E-state index contributed by atoms with van der Waals surface area (Å²) in [5, 5.41) is 9.66. The maximum absolute atomic E-state index is 12.3. The number of carbonyl (C=O) groups is 1. The molecule has 21 heavy (non-hydrogen) atoms. The van der Waals surface area contributed by atoms with Crippen molar-refractivity contribution in [3.05, 3.63) is 34.9 Å². The highest BCUT2D eigenvalue weighted by atomic mass is 35.5. The number of carbonyl (C=O) groups excluding carboxylic acids is 1. The smallest absolute Gasteiger partial charge is 0.236 e. The lowest BCUT2D eigenvalue weighted by Gasteiger charge is -2.22. The van der Waals surface area contributed by atoms with Crippen LogP contribution in [0.1, 0.15) is 18.4 Å². The lowest BCUT2D eigenvalue weighted by molar-refractivity contribution is -0.131. The second-order valence-electron chi connectivity index (χ2n) is 5.78. The molecule has 0 bridgehead atoms. The molecule has 1 fully saturated rings. The van der Waals surface area contributed by atoms with E-state index in [0.29, 0.717) is 24.0 Å². The largest absolute Gasteiger partial charge is 0.396 e. The Hall–Kier alpha value is -1.10. The second kappa shape index (κ2) is 7.78. The third kappa shape index (κ3) is 4.99. The van der Waals surface area contributed by atoms with Gasteiger partial charge in [0.1, 0.15) is 0 Å². The third-order valence-electron chi connectivity index (χ3n) is 4.00. The van der Waals surface area contributed by atoms with Crippen LogP contribution >= 0.6 is 11.6 Å². The van der Waals surface area contributed by atoms with E-state index in [1.54, 1.807) is 4.90 Å². The number of benzene rings is 1. The maximum atomic E-state index is 12.3. The number of likely N-dealkylation sites (N-methyl/N-ethyl adjacent to an activating group) is 1. The van der Waals surface area contributed by atoms with Crippen molar-refractivity contribution in [3.8, 4) is 0 Å². The fourth-order valence-corrected chi connectivity index (χ4v) is 3.00. The van der Waals surface area contributed by atoms with Crippen LogP contribution in [0.4, 0.5) is 0 Å². The molecule has 1 N–H and O–H groups in total. The molecular weight excluding hydrogens is 288 g/mol. The van der Waals surface area contributed by atoms with Gasteiger partial charge >= 0.3 is 0 Å². The van der Waals surface area contributed by atoms with Crippen molar-refractivity contribution in [2.75, 3.05) is 33.3 Å². The highest BCUT2D eigenvalue weighted by Crippen LogP contribution is 2.19. The normalized spacial score (nSPS) is 18.9. The fraction of sp³-hybridized carbons (Fsp3) is 0.562. The van der Waals surface area contributed by atoms with E-state index < -0.39 is 0 Å². The van der Waals surface area contributed by atoms with E-state index in [9.17, 15) is 4.79 Å². The molecule has 1 atom stereocenters. The first-order valence-electron chi connectivity index (χ1n) is 7.40. The van der Waals surface area contributed by atoms with E-state index in [2.05, 4.69) is 4.90 Å². The van der Waals surface area contributed by atoms with Crippen molar-refractivity contribution in [1.29, 1.82) is 0 Å². The summed E-state index contributed by atoms with van der Waals surface area (Å²) in [6, 6.07) is 7.59. The van der Waals surface area contributed by atoms with Crippen LogP contribution in [0, 0.1) is 5.92 Å². The molecule has 0 aromatic heterocycles. The Kier molecular flexibility index (Phi) is 6.03. The van der Waals surface area contributed by atoms with Gasteiger partial charge in [-0.1, -0.05) is 23.7 Å². The molecule has 0 radical (unpaired) electrons. The fourth-order valence-electron chi connectivity index (χ4n) is 2.78. The third-order valence-corrected chi connectivity index (χ3v) is 4.24. The average Bonchev–Trinajstić information content (AvgIpc) is 2.86. The van der Waals surface area contributed by atoms with Gasteiger partial charge in [-0.15, -0.1) is 0 Å². The lowest BCUT2D eigenvalue weighted by Crippen LogP contribution is -2.37. The summed E-state index contributed by atoms with van der Waals surface area (Å²) in [6.45, 7) is 3.13. The summed E-state index contributed by atoms with van der Waals surface area (Å²) in [5.74, 6) is 0.653. The Morgan fingerprint density at radius 1 is 1.52 bits per heavy atom. The van der Waals surface area contributed by atoms with Crippen molar-refractivity contribution < 1.29 is 9.90 Å². The molecule has 1 amide bonds. The zero-order valence-corrected chi connectivity index (χ0v) is 13.2. The highest BCUT2D eigenvalue weighted by Gasteiger charge is 2.24. The van der Waals surface area contributed by atoms with Crippen LogP contribution in [-0.2, 0) is 11.3 Å². The quantitative estimate of drug-likeness (QED) is 0.874. The molecule has 2 rings (SSSR count). The molecule has 0 spiro atoms. The number of amides is 1. The van der Waals surface area contributed by atoms with Crippen molar-refractivity contribution in [1.82, 2.24) is 9.80 Å². The molecule has 4 nitrogen and oxygen atoms in total. The number of aliphatic hydroxyl groups excluding tert-OH is 1. The zero-order valence-electron chi connectivity index (χ0n) is 12.5. The van der Waals surface area contributed by atoms with Crippen LogP contribution in [0.25, 0.3) is 0 Å². The van der Waals surface area contributed by atoms with Gasteiger partial charge in [0.05, 0.1) is 6.54 Å². The predicted molar refractivity (Wildman–Crippen MR) is 84.2 cm³/mol. The van der Waals surface area contributed by atoms with E-state index in [4.69, 9.17) is 16.7 Å². The van der Waals surface area contributed by atoms with Crippen LogP contribution in [0.3, 0.4) is 0 Å². The summed E-state index contributed by atoms with van der Waals surface area (Å²) in [4.78, 5) is 16.2. The number of halogens is 1. The van der Waals surface area contributed by atoms with Crippen LogP contribution < -0.4 is 0 Å². The minimum atomic E-state index is 0.125. The Morgan fingerprint density at radius 3 is 3.05 bits per heavy atom. The summed E-state index contributed by atoms with van der Waals surface area (Å²) in [7, 11) is 1.82. The molecule has 1 aromatic carbocycles. The zero-order chi connectivity index (χ0) is 15.2.